The molecule has 2 aliphatic rings. The van der Waals surface area contributed by atoms with Crippen LogP contribution in [-0.4, -0.2) is 92.9 Å². The molecule has 0 aliphatic carbocycles. The normalized spacial score (nSPS) is 17.7. The number of benzene rings is 1. The standard InChI is InChI=1S/C23H31N5O4S.C2H2O4/c1-15(2)20-24-22(32-26-20)28-10-8-17(9-11-28)27(3)12-13-31-18-6-4-16(5-7-18)14-19-21(29)25-23(30)33-19;3-1(4)2(5)6/h4-7,15,17,19H,8-14H2,1-3H3,(H,25,29,30);(H,3,4)(H,5,6). The lowest BCUT2D eigenvalue weighted by Gasteiger charge is -2.35. The van der Waals surface area contributed by atoms with Crippen molar-refractivity contribution in [3.63, 3.8) is 0 Å². The Bertz CT molecular complexity index is 1140. The molecule has 2 fully saturated rings. The van der Waals surface area contributed by atoms with Gasteiger partial charge in [-0.1, -0.05) is 42.9 Å². The Balaban J connectivity index is 0.000000631. The number of hydrogen-bond donors (Lipinski definition) is 3. The van der Waals surface area contributed by atoms with Gasteiger partial charge in [-0.2, -0.15) is 4.98 Å². The fraction of sp³-hybridized carbons (Fsp3) is 0.520. The molecule has 1 atom stereocenters. The first-order valence-corrected chi connectivity index (χ1v) is 13.4. The van der Waals surface area contributed by atoms with Crippen molar-refractivity contribution in [1.29, 1.82) is 0 Å². The molecule has 13 nitrogen and oxygen atoms in total. The first-order valence-electron chi connectivity index (χ1n) is 12.5. The predicted octanol–water partition coefficient (Wildman–Crippen LogP) is 2.22. The molecule has 3 heterocycles. The monoisotopic (exact) mass is 563 g/mol. The summed E-state index contributed by atoms with van der Waals surface area (Å²) in [7, 11) is 2.14. The molecule has 1 unspecified atom stereocenters. The van der Waals surface area contributed by atoms with Crippen molar-refractivity contribution in [1.82, 2.24) is 20.4 Å². The zero-order valence-electron chi connectivity index (χ0n) is 22.0. The number of ether oxygens (including phenoxy) is 1. The number of aliphatic carboxylic acids is 2. The highest BCUT2D eigenvalue weighted by Crippen LogP contribution is 2.25. The number of nitrogens with one attached hydrogen (secondary N) is 1. The summed E-state index contributed by atoms with van der Waals surface area (Å²) in [6, 6.07) is 8.87. The minimum Gasteiger partial charge on any atom is -0.492 e. The Morgan fingerprint density at radius 1 is 1.18 bits per heavy atom. The number of carbonyl (C=O) groups is 4. The maximum absolute atomic E-state index is 11.7. The van der Waals surface area contributed by atoms with Crippen molar-refractivity contribution in [3.8, 4) is 5.75 Å². The van der Waals surface area contributed by atoms with Gasteiger partial charge in [0.1, 0.15) is 12.4 Å². The second-order valence-electron chi connectivity index (χ2n) is 9.48. The van der Waals surface area contributed by atoms with E-state index in [-0.39, 0.29) is 22.3 Å². The molecule has 0 radical (unpaired) electrons. The number of likely N-dealkylation sites (N-methyl/N-ethyl adjacent to an activating group) is 1. The summed E-state index contributed by atoms with van der Waals surface area (Å²) in [4.78, 5) is 50.2. The van der Waals surface area contributed by atoms with E-state index in [1.165, 1.54) is 0 Å². The summed E-state index contributed by atoms with van der Waals surface area (Å²) in [5, 5.41) is 20.6. The summed E-state index contributed by atoms with van der Waals surface area (Å²) in [5.41, 5.74) is 1.01. The quantitative estimate of drug-likeness (QED) is 0.379. The molecule has 3 N–H and O–H groups in total. The van der Waals surface area contributed by atoms with Crippen LogP contribution in [0.25, 0.3) is 0 Å². The molecule has 2 aliphatic heterocycles. The van der Waals surface area contributed by atoms with E-state index < -0.39 is 11.9 Å². The average molecular weight is 564 g/mol. The first kappa shape index (κ1) is 29.9. The van der Waals surface area contributed by atoms with E-state index >= 15 is 0 Å². The van der Waals surface area contributed by atoms with Crippen LogP contribution in [0.3, 0.4) is 0 Å². The molecule has 2 aromatic rings. The van der Waals surface area contributed by atoms with E-state index in [9.17, 15) is 9.59 Å². The number of nitrogens with zero attached hydrogens (tertiary/aromatic N) is 4. The number of rotatable bonds is 9. The van der Waals surface area contributed by atoms with Crippen molar-refractivity contribution in [3.05, 3.63) is 35.7 Å². The number of anilines is 1. The topological polar surface area (TPSA) is 175 Å². The number of carbonyl (C=O) groups excluding carboxylic acids is 2. The summed E-state index contributed by atoms with van der Waals surface area (Å²) in [5.74, 6) is -2.03. The van der Waals surface area contributed by atoms with Gasteiger partial charge in [-0.15, -0.1) is 0 Å². The van der Waals surface area contributed by atoms with E-state index in [1.807, 2.05) is 24.3 Å². The average Bonchev–Trinajstić information content (AvgIpc) is 3.52. The Kier molecular flexibility index (Phi) is 10.7. The Labute approximate surface area is 229 Å². The van der Waals surface area contributed by atoms with Gasteiger partial charge < -0.3 is 24.4 Å². The van der Waals surface area contributed by atoms with Gasteiger partial charge in [-0.25, -0.2) is 9.59 Å². The van der Waals surface area contributed by atoms with Crippen LogP contribution in [0.1, 0.15) is 44.0 Å². The number of carboxylic acid groups (broad SMARTS) is 2. The third-order valence-corrected chi connectivity index (χ3v) is 7.29. The minimum atomic E-state index is -1.82. The molecule has 0 spiro atoms. The molecule has 2 saturated heterocycles. The maximum Gasteiger partial charge on any atom is 0.414 e. The molecule has 39 heavy (non-hydrogen) atoms. The van der Waals surface area contributed by atoms with Crippen LogP contribution < -0.4 is 15.0 Å². The van der Waals surface area contributed by atoms with Crippen LogP contribution in [0, 0.1) is 0 Å². The van der Waals surface area contributed by atoms with Crippen molar-refractivity contribution < 1.29 is 38.7 Å². The van der Waals surface area contributed by atoms with Gasteiger partial charge in [0.05, 0.1) is 5.25 Å². The zero-order valence-corrected chi connectivity index (χ0v) is 22.8. The van der Waals surface area contributed by atoms with Gasteiger partial charge in [0.25, 0.3) is 5.24 Å². The number of amides is 2. The molecule has 212 valence electrons. The minimum absolute atomic E-state index is 0.211. The number of hydrogen-bond acceptors (Lipinski definition) is 11. The van der Waals surface area contributed by atoms with Crippen molar-refractivity contribution in [2.24, 2.45) is 0 Å². The Hall–Kier alpha value is -3.65. The number of piperidine rings is 1. The van der Waals surface area contributed by atoms with Crippen LogP contribution in [-0.2, 0) is 20.8 Å². The largest absolute Gasteiger partial charge is 0.492 e. The Morgan fingerprint density at radius 2 is 1.82 bits per heavy atom. The van der Waals surface area contributed by atoms with Crippen LogP contribution in [0.5, 0.6) is 5.75 Å². The van der Waals surface area contributed by atoms with Gasteiger partial charge in [0.15, 0.2) is 5.82 Å². The van der Waals surface area contributed by atoms with Gasteiger partial charge in [-0.3, -0.25) is 19.8 Å². The fourth-order valence-electron chi connectivity index (χ4n) is 4.04. The van der Waals surface area contributed by atoms with E-state index in [0.717, 1.165) is 61.4 Å². The molecule has 0 saturated carbocycles. The van der Waals surface area contributed by atoms with Gasteiger partial charge in [0.2, 0.25) is 5.91 Å². The van der Waals surface area contributed by atoms with Crippen LogP contribution in [0.15, 0.2) is 28.8 Å². The summed E-state index contributed by atoms with van der Waals surface area (Å²) >= 11 is 1.05. The molecule has 14 heteroatoms. The lowest BCUT2D eigenvalue weighted by molar-refractivity contribution is -0.159. The van der Waals surface area contributed by atoms with Crippen LogP contribution in [0.2, 0.25) is 0 Å². The number of imide groups is 1. The third kappa shape index (κ3) is 8.96. The van der Waals surface area contributed by atoms with E-state index in [0.29, 0.717) is 25.1 Å². The molecular formula is C25H33N5O8S. The molecule has 1 aromatic carbocycles. The SMILES string of the molecule is CC(C)c1noc(N2CCC(N(C)CCOc3ccc(CC4SC(=O)NC4=O)cc3)CC2)n1.O=C(O)C(=O)O. The molecule has 2 amide bonds. The maximum atomic E-state index is 11.7. The van der Waals surface area contributed by atoms with Gasteiger partial charge in [0, 0.05) is 31.6 Å². The summed E-state index contributed by atoms with van der Waals surface area (Å²) < 4.78 is 11.3. The van der Waals surface area contributed by atoms with E-state index in [1.54, 1.807) is 0 Å². The summed E-state index contributed by atoms with van der Waals surface area (Å²) in [6.45, 7) is 7.37. The summed E-state index contributed by atoms with van der Waals surface area (Å²) in [6.07, 6.45) is 2.62. The fourth-order valence-corrected chi connectivity index (χ4v) is 4.90. The smallest absolute Gasteiger partial charge is 0.414 e. The van der Waals surface area contributed by atoms with Crippen molar-refractivity contribution in [2.45, 2.75) is 50.3 Å². The van der Waals surface area contributed by atoms with Crippen LogP contribution >= 0.6 is 11.8 Å². The molecule has 1 aromatic heterocycles. The van der Waals surface area contributed by atoms with Gasteiger partial charge >= 0.3 is 18.0 Å². The molecular weight excluding hydrogens is 530 g/mol. The predicted molar refractivity (Wildman–Crippen MR) is 142 cm³/mol. The highest BCUT2D eigenvalue weighted by atomic mass is 32.2. The zero-order chi connectivity index (χ0) is 28.5. The van der Waals surface area contributed by atoms with Crippen molar-refractivity contribution >= 4 is 40.9 Å². The second-order valence-corrected chi connectivity index (χ2v) is 10.7. The molecule has 4 rings (SSSR count). The second kappa shape index (κ2) is 13.9. The highest BCUT2D eigenvalue weighted by Gasteiger charge is 2.31. The van der Waals surface area contributed by atoms with Crippen LogP contribution in [0.4, 0.5) is 10.8 Å². The Morgan fingerprint density at radius 3 is 2.33 bits per heavy atom. The van der Waals surface area contributed by atoms with Crippen molar-refractivity contribution in [2.75, 3.05) is 38.2 Å². The lowest BCUT2D eigenvalue weighted by Crippen LogP contribution is -2.44. The highest BCUT2D eigenvalue weighted by molar-refractivity contribution is 8.15. The van der Waals surface area contributed by atoms with Gasteiger partial charge in [-0.05, 0) is 44.0 Å². The molecule has 0 bridgehead atoms. The van der Waals surface area contributed by atoms with E-state index in [4.69, 9.17) is 29.1 Å². The number of thioether (sulfide) groups is 1. The number of aromatic nitrogens is 2. The van der Waals surface area contributed by atoms with E-state index in [2.05, 4.69) is 46.2 Å². The lowest BCUT2D eigenvalue weighted by atomic mass is 10.0. The first-order chi connectivity index (χ1) is 18.5. The third-order valence-electron chi connectivity index (χ3n) is 6.31. The number of carboxylic acids is 2.